The molecule has 1 aliphatic carbocycles. The van der Waals surface area contributed by atoms with Crippen molar-refractivity contribution in [3.8, 4) is 11.5 Å². The molecule has 0 spiro atoms. The number of carbonyl (C=O) groups excluding carboxylic acids is 1. The van der Waals surface area contributed by atoms with Gasteiger partial charge in [0.15, 0.2) is 11.5 Å². The number of rotatable bonds is 4. The standard InChI is InChI=1S/C22H22N4O3/c1-29-20-9-17-18(10-19(20)27)23-12-24-21(17)26-7-6-13-8-14(2-3-15(13)11-26)22(28)25-16-4-5-16/h2-3,8-10,12,16,27H,4-7,11H2,1H3,(H,25,28). The molecule has 3 aromatic rings. The maximum atomic E-state index is 12.3. The maximum absolute atomic E-state index is 12.3. The Balaban J connectivity index is 1.44. The van der Waals surface area contributed by atoms with Crippen LogP contribution in [-0.4, -0.2) is 40.7 Å². The fraction of sp³-hybridized carbons (Fsp3) is 0.318. The molecule has 7 heteroatoms. The molecule has 1 aliphatic heterocycles. The number of carbonyl (C=O) groups is 1. The summed E-state index contributed by atoms with van der Waals surface area (Å²) in [5.41, 5.74) is 3.80. The number of nitrogens with one attached hydrogen (secondary N) is 1. The first-order valence-corrected chi connectivity index (χ1v) is 9.81. The SMILES string of the molecule is COc1cc2c(N3CCc4cc(C(=O)NC5CC5)ccc4C3)ncnc2cc1O. The Morgan fingerprint density at radius 3 is 2.86 bits per heavy atom. The van der Waals surface area contributed by atoms with Crippen LogP contribution in [0.5, 0.6) is 11.5 Å². The van der Waals surface area contributed by atoms with E-state index < -0.39 is 0 Å². The Morgan fingerprint density at radius 2 is 2.07 bits per heavy atom. The Hall–Kier alpha value is -3.35. The van der Waals surface area contributed by atoms with Gasteiger partial charge in [-0.05, 0) is 48.6 Å². The van der Waals surface area contributed by atoms with E-state index in [9.17, 15) is 9.90 Å². The molecule has 2 N–H and O–H groups in total. The predicted molar refractivity (Wildman–Crippen MR) is 109 cm³/mol. The van der Waals surface area contributed by atoms with E-state index in [0.29, 0.717) is 23.9 Å². The van der Waals surface area contributed by atoms with Crippen LogP contribution >= 0.6 is 0 Å². The van der Waals surface area contributed by atoms with Crippen LogP contribution in [0.15, 0.2) is 36.7 Å². The zero-order valence-electron chi connectivity index (χ0n) is 16.2. The summed E-state index contributed by atoms with van der Waals surface area (Å²) >= 11 is 0. The Bertz CT molecular complexity index is 1110. The summed E-state index contributed by atoms with van der Waals surface area (Å²) in [5, 5.41) is 13.9. The van der Waals surface area contributed by atoms with Crippen molar-refractivity contribution < 1.29 is 14.6 Å². The second-order valence-corrected chi connectivity index (χ2v) is 7.64. The van der Waals surface area contributed by atoms with Gasteiger partial charge in [0.2, 0.25) is 0 Å². The van der Waals surface area contributed by atoms with Gasteiger partial charge in [-0.2, -0.15) is 0 Å². The van der Waals surface area contributed by atoms with E-state index in [2.05, 4.69) is 20.2 Å². The van der Waals surface area contributed by atoms with Gasteiger partial charge in [-0.15, -0.1) is 0 Å². The summed E-state index contributed by atoms with van der Waals surface area (Å²) < 4.78 is 5.26. The summed E-state index contributed by atoms with van der Waals surface area (Å²) in [7, 11) is 1.53. The molecule has 7 nitrogen and oxygen atoms in total. The van der Waals surface area contributed by atoms with E-state index >= 15 is 0 Å². The normalized spacial score (nSPS) is 15.8. The molecule has 2 aromatic carbocycles. The Kier molecular flexibility index (Phi) is 4.23. The quantitative estimate of drug-likeness (QED) is 0.712. The number of aromatic hydroxyl groups is 1. The smallest absolute Gasteiger partial charge is 0.251 e. The zero-order chi connectivity index (χ0) is 20.0. The van der Waals surface area contributed by atoms with Crippen LogP contribution < -0.4 is 15.0 Å². The van der Waals surface area contributed by atoms with E-state index in [1.165, 1.54) is 24.6 Å². The number of amides is 1. The largest absolute Gasteiger partial charge is 0.504 e. The number of ether oxygens (including phenoxy) is 1. The molecule has 2 heterocycles. The summed E-state index contributed by atoms with van der Waals surface area (Å²) in [4.78, 5) is 23.3. The van der Waals surface area contributed by atoms with Gasteiger partial charge in [-0.1, -0.05) is 6.07 Å². The molecule has 0 saturated heterocycles. The number of nitrogens with zero attached hydrogens (tertiary/aromatic N) is 3. The molecule has 2 aliphatic rings. The number of methoxy groups -OCH3 is 1. The van der Waals surface area contributed by atoms with E-state index in [0.717, 1.165) is 42.6 Å². The third-order valence-corrected chi connectivity index (χ3v) is 5.61. The Morgan fingerprint density at radius 1 is 1.21 bits per heavy atom. The number of aromatic nitrogens is 2. The summed E-state index contributed by atoms with van der Waals surface area (Å²) in [5.74, 6) is 1.30. The van der Waals surface area contributed by atoms with Crippen molar-refractivity contribution in [2.24, 2.45) is 0 Å². The monoisotopic (exact) mass is 390 g/mol. The highest BCUT2D eigenvalue weighted by molar-refractivity contribution is 5.95. The minimum Gasteiger partial charge on any atom is -0.504 e. The lowest BCUT2D eigenvalue weighted by Gasteiger charge is -2.30. The lowest BCUT2D eigenvalue weighted by atomic mass is 9.96. The zero-order valence-corrected chi connectivity index (χ0v) is 16.2. The number of phenols is 1. The minimum atomic E-state index is 0.0198. The van der Waals surface area contributed by atoms with Crippen molar-refractivity contribution in [3.63, 3.8) is 0 Å². The van der Waals surface area contributed by atoms with Crippen LogP contribution in [0, 0.1) is 0 Å². The van der Waals surface area contributed by atoms with E-state index in [4.69, 9.17) is 4.74 Å². The molecule has 1 amide bonds. The molecule has 0 atom stereocenters. The summed E-state index contributed by atoms with van der Waals surface area (Å²) in [6, 6.07) is 9.70. The molecule has 148 valence electrons. The predicted octanol–water partition coefficient (Wildman–Crippen LogP) is 2.80. The van der Waals surface area contributed by atoms with Gasteiger partial charge in [-0.3, -0.25) is 4.79 Å². The van der Waals surface area contributed by atoms with Crippen LogP contribution in [0.2, 0.25) is 0 Å². The van der Waals surface area contributed by atoms with Crippen molar-refractivity contribution in [3.05, 3.63) is 53.3 Å². The topological polar surface area (TPSA) is 87.6 Å². The first-order chi connectivity index (χ1) is 14.1. The van der Waals surface area contributed by atoms with Gasteiger partial charge in [-0.25, -0.2) is 9.97 Å². The van der Waals surface area contributed by atoms with Crippen molar-refractivity contribution in [1.82, 2.24) is 15.3 Å². The Labute approximate surface area is 168 Å². The van der Waals surface area contributed by atoms with E-state index in [1.54, 1.807) is 12.1 Å². The molecule has 1 fully saturated rings. The molecule has 0 radical (unpaired) electrons. The lowest BCUT2D eigenvalue weighted by molar-refractivity contribution is 0.0951. The molecule has 0 unspecified atom stereocenters. The van der Waals surface area contributed by atoms with Gasteiger partial charge in [0.25, 0.3) is 5.91 Å². The maximum Gasteiger partial charge on any atom is 0.251 e. The lowest BCUT2D eigenvalue weighted by Crippen LogP contribution is -2.32. The molecule has 29 heavy (non-hydrogen) atoms. The van der Waals surface area contributed by atoms with Crippen molar-refractivity contribution in [1.29, 1.82) is 0 Å². The highest BCUT2D eigenvalue weighted by Gasteiger charge is 2.25. The van der Waals surface area contributed by atoms with Crippen molar-refractivity contribution in [2.75, 3.05) is 18.6 Å². The van der Waals surface area contributed by atoms with Crippen LogP contribution in [0.4, 0.5) is 5.82 Å². The first-order valence-electron chi connectivity index (χ1n) is 9.81. The van der Waals surface area contributed by atoms with Gasteiger partial charge in [0.05, 0.1) is 12.6 Å². The molecule has 5 rings (SSSR count). The van der Waals surface area contributed by atoms with Crippen LogP contribution in [0.3, 0.4) is 0 Å². The number of fused-ring (bicyclic) bond motifs is 2. The number of anilines is 1. The second kappa shape index (κ2) is 6.92. The number of benzene rings is 2. The van der Waals surface area contributed by atoms with Gasteiger partial charge < -0.3 is 20.1 Å². The molecule has 1 aromatic heterocycles. The average Bonchev–Trinajstić information content (AvgIpc) is 3.56. The van der Waals surface area contributed by atoms with Gasteiger partial charge in [0.1, 0.15) is 12.1 Å². The second-order valence-electron chi connectivity index (χ2n) is 7.64. The highest BCUT2D eigenvalue weighted by atomic mass is 16.5. The number of phenolic OH excluding ortho intramolecular Hbond substituents is 1. The summed E-state index contributed by atoms with van der Waals surface area (Å²) in [6.07, 6.45) is 4.52. The fourth-order valence-electron chi connectivity index (χ4n) is 3.85. The van der Waals surface area contributed by atoms with E-state index in [-0.39, 0.29) is 11.7 Å². The van der Waals surface area contributed by atoms with Crippen molar-refractivity contribution >= 4 is 22.6 Å². The van der Waals surface area contributed by atoms with Crippen LogP contribution in [0.1, 0.15) is 34.3 Å². The fourth-order valence-corrected chi connectivity index (χ4v) is 3.85. The average molecular weight is 390 g/mol. The first kappa shape index (κ1) is 17.7. The summed E-state index contributed by atoms with van der Waals surface area (Å²) in [6.45, 7) is 1.49. The van der Waals surface area contributed by atoms with Gasteiger partial charge in [0, 0.05) is 36.1 Å². The van der Waals surface area contributed by atoms with Crippen LogP contribution in [0.25, 0.3) is 10.9 Å². The van der Waals surface area contributed by atoms with Crippen LogP contribution in [-0.2, 0) is 13.0 Å². The molecular weight excluding hydrogens is 368 g/mol. The minimum absolute atomic E-state index is 0.0198. The third kappa shape index (κ3) is 3.33. The van der Waals surface area contributed by atoms with Crippen molar-refractivity contribution in [2.45, 2.75) is 31.8 Å². The highest BCUT2D eigenvalue weighted by Crippen LogP contribution is 2.35. The van der Waals surface area contributed by atoms with Gasteiger partial charge >= 0.3 is 0 Å². The number of hydrogen-bond donors (Lipinski definition) is 2. The molecular formula is C22H22N4O3. The molecule has 0 bridgehead atoms. The molecule has 1 saturated carbocycles. The third-order valence-electron chi connectivity index (χ3n) is 5.61. The van der Waals surface area contributed by atoms with E-state index in [1.807, 2.05) is 18.2 Å². The number of hydrogen-bond acceptors (Lipinski definition) is 6.